The van der Waals surface area contributed by atoms with Crippen molar-refractivity contribution in [3.63, 3.8) is 0 Å². The van der Waals surface area contributed by atoms with Crippen LogP contribution in [0.1, 0.15) is 38.5 Å². The van der Waals surface area contributed by atoms with E-state index in [1.54, 1.807) is 19.1 Å². The maximum atomic E-state index is 13.6. The first-order valence-electron chi connectivity index (χ1n) is 9.69. The van der Waals surface area contributed by atoms with E-state index in [0.717, 1.165) is 43.5 Å². The standard InChI is InChI=1S/C20H30N4O3/c1-22-18(25)17-12-14(21)13-24(17)19(26)20(10-4-3-5-11-20)23-15-6-8-16(27-2)9-7-15/h6-9,14,17,23H,3-5,10-13,21H2,1-2H3,(H,22,25). The van der Waals surface area contributed by atoms with E-state index in [1.807, 2.05) is 24.3 Å². The van der Waals surface area contributed by atoms with Gasteiger partial charge in [0.1, 0.15) is 17.3 Å². The number of amides is 2. The van der Waals surface area contributed by atoms with Crippen LogP contribution in [0.3, 0.4) is 0 Å². The minimum absolute atomic E-state index is 0.0143. The second-order valence-corrected chi connectivity index (χ2v) is 7.58. The molecular weight excluding hydrogens is 344 g/mol. The number of likely N-dealkylation sites (N-methyl/N-ethyl adjacent to an activating group) is 1. The van der Waals surface area contributed by atoms with Crippen LogP contribution in [-0.2, 0) is 9.59 Å². The molecule has 2 aliphatic rings. The van der Waals surface area contributed by atoms with Gasteiger partial charge in [0.25, 0.3) is 0 Å². The first kappa shape index (κ1) is 19.5. The summed E-state index contributed by atoms with van der Waals surface area (Å²) in [4.78, 5) is 27.6. The van der Waals surface area contributed by atoms with Crippen LogP contribution in [0.5, 0.6) is 5.75 Å². The SMILES string of the molecule is CNC(=O)C1CC(N)CN1C(=O)C1(Nc2ccc(OC)cc2)CCCCC1. The van der Waals surface area contributed by atoms with Crippen LogP contribution in [0.25, 0.3) is 0 Å². The van der Waals surface area contributed by atoms with Crippen molar-refractivity contribution in [2.75, 3.05) is 26.0 Å². The summed E-state index contributed by atoms with van der Waals surface area (Å²) >= 11 is 0. The minimum Gasteiger partial charge on any atom is -0.497 e. The van der Waals surface area contributed by atoms with Gasteiger partial charge in [-0.3, -0.25) is 9.59 Å². The third-order valence-corrected chi connectivity index (χ3v) is 5.73. The Morgan fingerprint density at radius 3 is 2.44 bits per heavy atom. The molecule has 1 saturated heterocycles. The van der Waals surface area contributed by atoms with Crippen LogP contribution in [0.4, 0.5) is 5.69 Å². The highest BCUT2D eigenvalue weighted by Crippen LogP contribution is 2.35. The summed E-state index contributed by atoms with van der Waals surface area (Å²) < 4.78 is 5.22. The Kier molecular flexibility index (Phi) is 5.89. The molecule has 0 radical (unpaired) electrons. The molecule has 1 saturated carbocycles. The molecule has 7 heteroatoms. The molecule has 1 aromatic carbocycles. The largest absolute Gasteiger partial charge is 0.497 e. The summed E-state index contributed by atoms with van der Waals surface area (Å²) in [5.41, 5.74) is 6.28. The Morgan fingerprint density at radius 2 is 1.85 bits per heavy atom. The maximum Gasteiger partial charge on any atom is 0.248 e. The van der Waals surface area contributed by atoms with Crippen LogP contribution in [-0.4, -0.2) is 55.0 Å². The fourth-order valence-corrected chi connectivity index (χ4v) is 4.28. The molecule has 4 N–H and O–H groups in total. The van der Waals surface area contributed by atoms with Crippen molar-refractivity contribution in [3.05, 3.63) is 24.3 Å². The van der Waals surface area contributed by atoms with E-state index >= 15 is 0 Å². The number of carbonyl (C=O) groups is 2. The average Bonchev–Trinajstić information content (AvgIpc) is 3.09. The number of hydrogen-bond donors (Lipinski definition) is 3. The van der Waals surface area contributed by atoms with Gasteiger partial charge in [-0.25, -0.2) is 0 Å². The number of ether oxygens (including phenoxy) is 1. The molecule has 0 bridgehead atoms. The molecule has 1 heterocycles. The topological polar surface area (TPSA) is 96.7 Å². The molecular formula is C20H30N4O3. The van der Waals surface area contributed by atoms with Gasteiger partial charge in [-0.1, -0.05) is 19.3 Å². The zero-order chi connectivity index (χ0) is 19.4. The number of nitrogens with zero attached hydrogens (tertiary/aromatic N) is 1. The van der Waals surface area contributed by atoms with Crippen LogP contribution >= 0.6 is 0 Å². The van der Waals surface area contributed by atoms with E-state index in [1.165, 1.54) is 0 Å². The molecule has 2 amide bonds. The lowest BCUT2D eigenvalue weighted by Gasteiger charge is -2.41. The average molecular weight is 374 g/mol. The molecule has 2 atom stereocenters. The van der Waals surface area contributed by atoms with Crippen molar-refractivity contribution in [1.82, 2.24) is 10.2 Å². The highest BCUT2D eigenvalue weighted by Gasteiger charge is 2.47. The molecule has 0 spiro atoms. The number of methoxy groups -OCH3 is 1. The van der Waals surface area contributed by atoms with Crippen molar-refractivity contribution in [2.45, 2.75) is 56.1 Å². The lowest BCUT2D eigenvalue weighted by Crippen LogP contribution is -2.58. The second-order valence-electron chi connectivity index (χ2n) is 7.58. The summed E-state index contributed by atoms with van der Waals surface area (Å²) in [5.74, 6) is 0.612. The Morgan fingerprint density at radius 1 is 1.19 bits per heavy atom. The predicted octanol–water partition coefficient (Wildman–Crippen LogP) is 1.48. The van der Waals surface area contributed by atoms with Gasteiger partial charge in [-0.05, 0) is 43.5 Å². The van der Waals surface area contributed by atoms with Gasteiger partial charge < -0.3 is 26.0 Å². The van der Waals surface area contributed by atoms with Crippen molar-refractivity contribution >= 4 is 17.5 Å². The van der Waals surface area contributed by atoms with Gasteiger partial charge in [0.15, 0.2) is 0 Å². The molecule has 148 valence electrons. The maximum absolute atomic E-state index is 13.6. The van der Waals surface area contributed by atoms with E-state index in [9.17, 15) is 9.59 Å². The molecule has 1 aliphatic heterocycles. The second kappa shape index (κ2) is 8.17. The van der Waals surface area contributed by atoms with E-state index in [4.69, 9.17) is 10.5 Å². The van der Waals surface area contributed by atoms with Crippen molar-refractivity contribution < 1.29 is 14.3 Å². The van der Waals surface area contributed by atoms with Gasteiger partial charge in [-0.15, -0.1) is 0 Å². The molecule has 1 aliphatic carbocycles. The van der Waals surface area contributed by atoms with Gasteiger partial charge in [0.2, 0.25) is 11.8 Å². The predicted molar refractivity (Wildman–Crippen MR) is 105 cm³/mol. The third-order valence-electron chi connectivity index (χ3n) is 5.73. The molecule has 3 rings (SSSR count). The van der Waals surface area contributed by atoms with E-state index in [2.05, 4.69) is 10.6 Å². The lowest BCUT2D eigenvalue weighted by atomic mass is 9.80. The summed E-state index contributed by atoms with van der Waals surface area (Å²) in [6.07, 6.45) is 5.11. The zero-order valence-corrected chi connectivity index (χ0v) is 16.2. The molecule has 27 heavy (non-hydrogen) atoms. The van der Waals surface area contributed by atoms with Gasteiger partial charge in [0.05, 0.1) is 7.11 Å². The summed E-state index contributed by atoms with van der Waals surface area (Å²) in [7, 11) is 3.23. The van der Waals surface area contributed by atoms with Crippen molar-refractivity contribution in [3.8, 4) is 5.75 Å². The first-order valence-corrected chi connectivity index (χ1v) is 9.69. The van der Waals surface area contributed by atoms with Gasteiger partial charge in [0, 0.05) is 25.3 Å². The number of nitrogens with one attached hydrogen (secondary N) is 2. The fourth-order valence-electron chi connectivity index (χ4n) is 4.28. The Balaban J connectivity index is 1.86. The van der Waals surface area contributed by atoms with Crippen LogP contribution in [0.15, 0.2) is 24.3 Å². The molecule has 2 unspecified atom stereocenters. The van der Waals surface area contributed by atoms with E-state index < -0.39 is 11.6 Å². The Bertz CT molecular complexity index is 670. The zero-order valence-electron chi connectivity index (χ0n) is 16.2. The highest BCUT2D eigenvalue weighted by atomic mass is 16.5. The first-order chi connectivity index (χ1) is 13.0. The monoisotopic (exact) mass is 374 g/mol. The number of benzene rings is 1. The van der Waals surface area contributed by atoms with Crippen LogP contribution < -0.4 is 21.1 Å². The van der Waals surface area contributed by atoms with E-state index in [0.29, 0.717) is 13.0 Å². The number of rotatable bonds is 5. The number of carbonyl (C=O) groups excluding carboxylic acids is 2. The quantitative estimate of drug-likeness (QED) is 0.725. The van der Waals surface area contributed by atoms with Crippen molar-refractivity contribution in [2.24, 2.45) is 5.73 Å². The molecule has 2 fully saturated rings. The Labute approximate surface area is 160 Å². The Hall–Kier alpha value is -2.28. The molecule has 7 nitrogen and oxygen atoms in total. The molecule has 0 aromatic heterocycles. The van der Waals surface area contributed by atoms with Crippen LogP contribution in [0.2, 0.25) is 0 Å². The third kappa shape index (κ3) is 4.03. The fraction of sp³-hybridized carbons (Fsp3) is 0.600. The number of likely N-dealkylation sites (tertiary alicyclic amines) is 1. The van der Waals surface area contributed by atoms with Crippen LogP contribution in [0, 0.1) is 0 Å². The normalized spacial score (nSPS) is 24.3. The van der Waals surface area contributed by atoms with Crippen molar-refractivity contribution in [1.29, 1.82) is 0 Å². The summed E-state index contributed by atoms with van der Waals surface area (Å²) in [6.45, 7) is 0.420. The van der Waals surface area contributed by atoms with Gasteiger partial charge in [-0.2, -0.15) is 0 Å². The highest BCUT2D eigenvalue weighted by molar-refractivity contribution is 5.94. The number of anilines is 1. The smallest absolute Gasteiger partial charge is 0.248 e. The lowest BCUT2D eigenvalue weighted by molar-refractivity contribution is -0.142. The minimum atomic E-state index is -0.691. The van der Waals surface area contributed by atoms with Gasteiger partial charge >= 0.3 is 0 Å². The number of nitrogens with two attached hydrogens (primary N) is 1. The molecule has 1 aromatic rings. The summed E-state index contributed by atoms with van der Waals surface area (Å²) in [5, 5.41) is 6.16. The summed E-state index contributed by atoms with van der Waals surface area (Å²) in [6, 6.07) is 6.94. The number of hydrogen-bond acceptors (Lipinski definition) is 5. The van der Waals surface area contributed by atoms with E-state index in [-0.39, 0.29) is 17.9 Å².